The molecule has 0 unspecified atom stereocenters. The lowest BCUT2D eigenvalue weighted by Crippen LogP contribution is -2.35. The molecule has 1 N–H and O–H groups in total. The third-order valence-corrected chi connectivity index (χ3v) is 9.73. The number of hydrogen-bond acceptors (Lipinski definition) is 7. The van der Waals surface area contributed by atoms with Crippen molar-refractivity contribution in [1.82, 2.24) is 24.4 Å². The van der Waals surface area contributed by atoms with Gasteiger partial charge < -0.3 is 5.32 Å². The van der Waals surface area contributed by atoms with Crippen molar-refractivity contribution >= 4 is 44.2 Å². The van der Waals surface area contributed by atoms with Gasteiger partial charge in [-0.15, -0.1) is 10.2 Å². The number of amides is 1. The molecule has 9 nitrogen and oxygen atoms in total. The molecule has 11 heteroatoms. The summed E-state index contributed by atoms with van der Waals surface area (Å²) in [5, 5.41) is 14.2. The zero-order valence-electron chi connectivity index (χ0n) is 22.2. The number of carbonyl (C=O) groups excluding carboxylic acids is 2. The summed E-state index contributed by atoms with van der Waals surface area (Å²) in [6.45, 7) is 2.94. The lowest BCUT2D eigenvalue weighted by molar-refractivity contribution is -0.118. The Hall–Kier alpha value is -3.54. The fourth-order valence-electron chi connectivity index (χ4n) is 4.83. The van der Waals surface area contributed by atoms with Crippen LogP contribution in [0.4, 0.5) is 0 Å². The highest BCUT2D eigenvalue weighted by Crippen LogP contribution is 2.29. The van der Waals surface area contributed by atoms with Crippen LogP contribution in [-0.4, -0.2) is 64.6 Å². The van der Waals surface area contributed by atoms with Gasteiger partial charge in [0, 0.05) is 43.9 Å². The van der Waals surface area contributed by atoms with Crippen molar-refractivity contribution < 1.29 is 18.0 Å². The van der Waals surface area contributed by atoms with Gasteiger partial charge in [-0.25, -0.2) is 8.42 Å². The molecule has 0 spiro atoms. The standard InChI is InChI=1S/C29H31N5O4S2/c1-21(35)30-17-16-28-31-32-29(34(28)26-11-7-9-22-8-3-4-10-25(22)26)39-20-27(36)23-12-14-24(15-13-23)40(37,38)33-18-5-2-6-19-33/h3-4,7-15H,2,5-6,16-20H2,1H3,(H,30,35). The van der Waals surface area contributed by atoms with Crippen molar-refractivity contribution in [3.63, 3.8) is 0 Å². The summed E-state index contributed by atoms with van der Waals surface area (Å²) in [6, 6.07) is 20.2. The average Bonchev–Trinajstić information content (AvgIpc) is 3.38. The molecule has 5 rings (SSSR count). The Morgan fingerprint density at radius 3 is 2.40 bits per heavy atom. The van der Waals surface area contributed by atoms with Gasteiger partial charge in [-0.3, -0.25) is 14.2 Å². The molecular weight excluding hydrogens is 546 g/mol. The predicted octanol–water partition coefficient (Wildman–Crippen LogP) is 4.25. The number of hydrogen-bond donors (Lipinski definition) is 1. The SMILES string of the molecule is CC(=O)NCCc1nnc(SCC(=O)c2ccc(S(=O)(=O)N3CCCCC3)cc2)n1-c1cccc2ccccc12. The molecule has 0 saturated carbocycles. The number of sulfonamides is 1. The molecule has 0 bridgehead atoms. The van der Waals surface area contributed by atoms with Crippen LogP contribution < -0.4 is 5.32 Å². The zero-order valence-corrected chi connectivity index (χ0v) is 23.9. The topological polar surface area (TPSA) is 114 Å². The fraction of sp³-hybridized carbons (Fsp3) is 0.310. The van der Waals surface area contributed by atoms with Crippen molar-refractivity contribution in [2.75, 3.05) is 25.4 Å². The largest absolute Gasteiger partial charge is 0.356 e. The first-order valence-corrected chi connectivity index (χ1v) is 15.7. The third-order valence-electron chi connectivity index (χ3n) is 6.89. The van der Waals surface area contributed by atoms with Crippen LogP contribution in [0.25, 0.3) is 16.5 Å². The van der Waals surface area contributed by atoms with Crippen LogP contribution in [0.1, 0.15) is 42.4 Å². The van der Waals surface area contributed by atoms with Gasteiger partial charge in [0.1, 0.15) is 5.82 Å². The number of thioether (sulfide) groups is 1. The monoisotopic (exact) mass is 577 g/mol. The van der Waals surface area contributed by atoms with Gasteiger partial charge in [-0.1, -0.05) is 66.7 Å². The molecule has 3 aromatic carbocycles. The van der Waals surface area contributed by atoms with Gasteiger partial charge in [0.25, 0.3) is 0 Å². The lowest BCUT2D eigenvalue weighted by Gasteiger charge is -2.25. The molecule has 1 aliphatic heterocycles. The summed E-state index contributed by atoms with van der Waals surface area (Å²) in [5.41, 5.74) is 1.33. The minimum absolute atomic E-state index is 0.104. The molecule has 1 saturated heterocycles. The minimum Gasteiger partial charge on any atom is -0.356 e. The number of benzene rings is 3. The number of carbonyl (C=O) groups is 2. The number of ketones is 1. The number of fused-ring (bicyclic) bond motifs is 1. The van der Waals surface area contributed by atoms with E-state index in [1.807, 2.05) is 47.0 Å². The first-order chi connectivity index (χ1) is 19.3. The Kier molecular flexibility index (Phi) is 8.63. The number of piperidine rings is 1. The van der Waals surface area contributed by atoms with Crippen molar-refractivity contribution in [2.24, 2.45) is 0 Å². The summed E-state index contributed by atoms with van der Waals surface area (Å²) in [6.07, 6.45) is 3.25. The Balaban J connectivity index is 1.36. The van der Waals surface area contributed by atoms with Gasteiger partial charge in [-0.05, 0) is 36.4 Å². The summed E-state index contributed by atoms with van der Waals surface area (Å²) in [7, 11) is -3.56. The fourth-order valence-corrected chi connectivity index (χ4v) is 7.21. The highest BCUT2D eigenvalue weighted by molar-refractivity contribution is 7.99. The van der Waals surface area contributed by atoms with E-state index < -0.39 is 10.0 Å². The van der Waals surface area contributed by atoms with Gasteiger partial charge >= 0.3 is 0 Å². The van der Waals surface area contributed by atoms with E-state index in [-0.39, 0.29) is 22.3 Å². The van der Waals surface area contributed by atoms with Gasteiger partial charge in [0.15, 0.2) is 10.9 Å². The van der Waals surface area contributed by atoms with Gasteiger partial charge in [0.05, 0.1) is 16.3 Å². The maximum absolute atomic E-state index is 13.1. The Morgan fingerprint density at radius 1 is 0.925 bits per heavy atom. The second kappa shape index (κ2) is 12.3. The van der Waals surface area contributed by atoms with E-state index in [1.165, 1.54) is 35.1 Å². The molecule has 1 aromatic heterocycles. The first kappa shape index (κ1) is 28.0. The van der Waals surface area contributed by atoms with Crippen LogP contribution in [0, 0.1) is 0 Å². The van der Waals surface area contributed by atoms with Crippen LogP contribution in [0.3, 0.4) is 0 Å². The zero-order chi connectivity index (χ0) is 28.1. The maximum atomic E-state index is 13.1. The second-order valence-corrected chi connectivity index (χ2v) is 12.5. The van der Waals surface area contributed by atoms with E-state index in [4.69, 9.17) is 0 Å². The molecule has 208 valence electrons. The molecule has 2 heterocycles. The molecule has 40 heavy (non-hydrogen) atoms. The number of aromatic nitrogens is 3. The molecule has 4 aromatic rings. The Bertz CT molecular complexity index is 1620. The number of nitrogens with one attached hydrogen (secondary N) is 1. The maximum Gasteiger partial charge on any atom is 0.243 e. The highest BCUT2D eigenvalue weighted by atomic mass is 32.2. The Morgan fingerprint density at radius 2 is 1.65 bits per heavy atom. The number of Topliss-reactive ketones (excluding diaryl/α,β-unsaturated/α-hetero) is 1. The Labute approximate surface area is 238 Å². The summed E-state index contributed by atoms with van der Waals surface area (Å²) in [4.78, 5) is 24.7. The quantitative estimate of drug-likeness (QED) is 0.221. The summed E-state index contributed by atoms with van der Waals surface area (Å²) >= 11 is 1.27. The number of nitrogens with zero attached hydrogens (tertiary/aromatic N) is 4. The molecule has 0 radical (unpaired) electrons. The lowest BCUT2D eigenvalue weighted by atomic mass is 10.1. The van der Waals surface area contributed by atoms with Gasteiger partial charge in [0.2, 0.25) is 15.9 Å². The van der Waals surface area contributed by atoms with Crippen LogP contribution in [-0.2, 0) is 21.2 Å². The normalized spacial score (nSPS) is 14.3. The molecular formula is C29H31N5O4S2. The average molecular weight is 578 g/mol. The van der Waals surface area contributed by atoms with Crippen molar-refractivity contribution in [1.29, 1.82) is 0 Å². The third kappa shape index (κ3) is 6.11. The second-order valence-electron chi connectivity index (χ2n) is 9.67. The smallest absolute Gasteiger partial charge is 0.243 e. The summed E-state index contributed by atoms with van der Waals surface area (Å²) < 4.78 is 29.4. The van der Waals surface area contributed by atoms with E-state index in [0.29, 0.717) is 42.6 Å². The molecule has 1 amide bonds. The van der Waals surface area contributed by atoms with E-state index in [0.717, 1.165) is 35.7 Å². The first-order valence-electron chi connectivity index (χ1n) is 13.3. The molecule has 1 aliphatic rings. The van der Waals surface area contributed by atoms with Crippen LogP contribution in [0.5, 0.6) is 0 Å². The van der Waals surface area contributed by atoms with E-state index in [2.05, 4.69) is 15.5 Å². The van der Waals surface area contributed by atoms with E-state index in [9.17, 15) is 18.0 Å². The molecule has 0 aliphatic carbocycles. The predicted molar refractivity (Wildman–Crippen MR) is 155 cm³/mol. The van der Waals surface area contributed by atoms with Crippen molar-refractivity contribution in [3.8, 4) is 5.69 Å². The van der Waals surface area contributed by atoms with E-state index >= 15 is 0 Å². The van der Waals surface area contributed by atoms with Crippen LogP contribution >= 0.6 is 11.8 Å². The van der Waals surface area contributed by atoms with Crippen molar-refractivity contribution in [2.45, 2.75) is 42.7 Å². The van der Waals surface area contributed by atoms with Crippen molar-refractivity contribution in [3.05, 3.63) is 78.1 Å². The van der Waals surface area contributed by atoms with Crippen LogP contribution in [0.15, 0.2) is 76.8 Å². The molecule has 0 atom stereocenters. The van der Waals surface area contributed by atoms with Crippen LogP contribution in [0.2, 0.25) is 0 Å². The number of rotatable bonds is 10. The van der Waals surface area contributed by atoms with Gasteiger partial charge in [-0.2, -0.15) is 4.31 Å². The molecule has 1 fully saturated rings. The van der Waals surface area contributed by atoms with E-state index in [1.54, 1.807) is 12.1 Å². The minimum atomic E-state index is -3.56. The summed E-state index contributed by atoms with van der Waals surface area (Å²) in [5.74, 6) is 0.519. The highest BCUT2D eigenvalue weighted by Gasteiger charge is 2.26.